The molecule has 0 aliphatic rings. The monoisotopic (exact) mass is 203 g/mol. The number of benzene rings is 1. The average Bonchev–Trinajstić information content (AvgIpc) is 2.58. The van der Waals surface area contributed by atoms with Crippen LogP contribution < -0.4 is 0 Å². The van der Waals surface area contributed by atoms with E-state index in [1.807, 2.05) is 36.7 Å². The topological polar surface area (TPSA) is 42.2 Å². The Morgan fingerprint density at radius 2 is 2.20 bits per heavy atom. The molecule has 0 fully saturated rings. The normalized spacial score (nSPS) is 10.8. The minimum Gasteiger partial charge on any atom is -0.478 e. The van der Waals surface area contributed by atoms with Gasteiger partial charge in [-0.1, -0.05) is 0 Å². The van der Waals surface area contributed by atoms with Crippen LogP contribution in [0.1, 0.15) is 22.8 Å². The van der Waals surface area contributed by atoms with E-state index in [9.17, 15) is 4.79 Å². The molecular formula is C12H13NO2. The number of aromatic carboxylic acids is 1. The van der Waals surface area contributed by atoms with Gasteiger partial charge in [0.25, 0.3) is 0 Å². The summed E-state index contributed by atoms with van der Waals surface area (Å²) in [4.78, 5) is 11.0. The van der Waals surface area contributed by atoms with E-state index >= 15 is 0 Å². The second-order valence-electron chi connectivity index (χ2n) is 3.63. The second-order valence-corrected chi connectivity index (χ2v) is 3.63. The zero-order chi connectivity index (χ0) is 11.0. The number of carboxylic acids is 1. The summed E-state index contributed by atoms with van der Waals surface area (Å²) < 4.78 is 2.04. The number of rotatable bonds is 2. The van der Waals surface area contributed by atoms with E-state index in [1.54, 1.807) is 6.07 Å². The van der Waals surface area contributed by atoms with E-state index in [4.69, 9.17) is 5.11 Å². The molecule has 0 bridgehead atoms. The molecule has 1 heterocycles. The first-order valence-electron chi connectivity index (χ1n) is 4.96. The molecule has 0 aliphatic heterocycles. The van der Waals surface area contributed by atoms with Crippen molar-refractivity contribution in [3.05, 3.63) is 35.5 Å². The largest absolute Gasteiger partial charge is 0.478 e. The summed E-state index contributed by atoms with van der Waals surface area (Å²) in [6, 6.07) is 5.68. The van der Waals surface area contributed by atoms with Gasteiger partial charge in [-0.15, -0.1) is 0 Å². The van der Waals surface area contributed by atoms with Crippen LogP contribution in [0.2, 0.25) is 0 Å². The van der Waals surface area contributed by atoms with Crippen molar-refractivity contribution in [3.63, 3.8) is 0 Å². The van der Waals surface area contributed by atoms with Gasteiger partial charge in [-0.05, 0) is 43.0 Å². The molecule has 0 unspecified atom stereocenters. The van der Waals surface area contributed by atoms with E-state index in [0.717, 1.165) is 23.0 Å². The van der Waals surface area contributed by atoms with Crippen LogP contribution >= 0.6 is 0 Å². The van der Waals surface area contributed by atoms with Gasteiger partial charge < -0.3 is 9.67 Å². The zero-order valence-electron chi connectivity index (χ0n) is 8.82. The molecular weight excluding hydrogens is 190 g/mol. The van der Waals surface area contributed by atoms with Gasteiger partial charge in [-0.2, -0.15) is 0 Å². The van der Waals surface area contributed by atoms with Gasteiger partial charge >= 0.3 is 5.97 Å². The molecule has 1 aromatic carbocycles. The van der Waals surface area contributed by atoms with Crippen molar-refractivity contribution in [2.75, 3.05) is 0 Å². The molecule has 2 aromatic rings. The third kappa shape index (κ3) is 1.50. The van der Waals surface area contributed by atoms with Gasteiger partial charge in [0.15, 0.2) is 0 Å². The summed E-state index contributed by atoms with van der Waals surface area (Å²) >= 11 is 0. The van der Waals surface area contributed by atoms with E-state index < -0.39 is 5.97 Å². The third-order valence-electron chi connectivity index (χ3n) is 2.69. The number of carbonyl (C=O) groups is 1. The van der Waals surface area contributed by atoms with Gasteiger partial charge in [-0.3, -0.25) is 0 Å². The standard InChI is InChI=1S/C12H13NO2/c1-3-13-5-4-9-6-8(2)10(12(14)15)7-11(9)13/h4-7H,3H2,1-2H3,(H,14,15). The molecule has 0 radical (unpaired) electrons. The number of fused-ring (bicyclic) bond motifs is 1. The van der Waals surface area contributed by atoms with Crippen LogP contribution in [0.3, 0.4) is 0 Å². The predicted octanol–water partition coefficient (Wildman–Crippen LogP) is 2.67. The van der Waals surface area contributed by atoms with Crippen molar-refractivity contribution in [3.8, 4) is 0 Å². The Morgan fingerprint density at radius 3 is 2.80 bits per heavy atom. The molecule has 0 amide bonds. The Labute approximate surface area is 87.9 Å². The summed E-state index contributed by atoms with van der Waals surface area (Å²) in [5.74, 6) is -0.863. The van der Waals surface area contributed by atoms with Crippen molar-refractivity contribution in [1.82, 2.24) is 4.57 Å². The highest BCUT2D eigenvalue weighted by Crippen LogP contribution is 2.21. The fourth-order valence-electron chi connectivity index (χ4n) is 1.86. The van der Waals surface area contributed by atoms with Crippen molar-refractivity contribution in [2.24, 2.45) is 0 Å². The van der Waals surface area contributed by atoms with Crippen molar-refractivity contribution >= 4 is 16.9 Å². The highest BCUT2D eigenvalue weighted by atomic mass is 16.4. The van der Waals surface area contributed by atoms with Gasteiger partial charge in [0.05, 0.1) is 5.56 Å². The van der Waals surface area contributed by atoms with Crippen LogP contribution in [0.15, 0.2) is 24.4 Å². The highest BCUT2D eigenvalue weighted by molar-refractivity contribution is 5.95. The summed E-state index contributed by atoms with van der Waals surface area (Å²) in [5, 5.41) is 10.1. The third-order valence-corrected chi connectivity index (χ3v) is 2.69. The van der Waals surface area contributed by atoms with Crippen LogP contribution in [-0.4, -0.2) is 15.6 Å². The molecule has 2 rings (SSSR count). The lowest BCUT2D eigenvalue weighted by molar-refractivity contribution is 0.0696. The Morgan fingerprint density at radius 1 is 1.47 bits per heavy atom. The van der Waals surface area contributed by atoms with Gasteiger partial charge in [0.2, 0.25) is 0 Å². The predicted molar refractivity (Wildman–Crippen MR) is 59.3 cm³/mol. The fourth-order valence-corrected chi connectivity index (χ4v) is 1.86. The number of hydrogen-bond acceptors (Lipinski definition) is 1. The Hall–Kier alpha value is -1.77. The maximum atomic E-state index is 11.0. The molecule has 0 atom stereocenters. The van der Waals surface area contributed by atoms with Gasteiger partial charge in [0, 0.05) is 18.3 Å². The summed E-state index contributed by atoms with van der Waals surface area (Å²) in [5.41, 5.74) is 2.18. The summed E-state index contributed by atoms with van der Waals surface area (Å²) in [7, 11) is 0. The first kappa shape index (κ1) is 9.77. The molecule has 0 saturated carbocycles. The minimum absolute atomic E-state index is 0.385. The lowest BCUT2D eigenvalue weighted by Crippen LogP contribution is -2.00. The molecule has 15 heavy (non-hydrogen) atoms. The van der Waals surface area contributed by atoms with Crippen molar-refractivity contribution < 1.29 is 9.90 Å². The van der Waals surface area contributed by atoms with Crippen LogP contribution in [0, 0.1) is 6.92 Å². The summed E-state index contributed by atoms with van der Waals surface area (Å²) in [6.45, 7) is 4.72. The molecule has 3 nitrogen and oxygen atoms in total. The zero-order valence-corrected chi connectivity index (χ0v) is 8.82. The first-order valence-corrected chi connectivity index (χ1v) is 4.96. The molecule has 1 N–H and O–H groups in total. The van der Waals surface area contributed by atoms with Crippen LogP contribution in [0.5, 0.6) is 0 Å². The Bertz CT molecular complexity index is 526. The highest BCUT2D eigenvalue weighted by Gasteiger charge is 2.10. The SMILES string of the molecule is CCn1ccc2cc(C)c(C(=O)O)cc21. The lowest BCUT2D eigenvalue weighted by Gasteiger charge is -2.04. The molecule has 78 valence electrons. The molecule has 0 saturated heterocycles. The van der Waals surface area contributed by atoms with Gasteiger partial charge in [0.1, 0.15) is 0 Å². The molecule has 1 aromatic heterocycles. The average molecular weight is 203 g/mol. The van der Waals surface area contributed by atoms with Crippen LogP contribution in [0.4, 0.5) is 0 Å². The lowest BCUT2D eigenvalue weighted by atomic mass is 10.1. The molecule has 0 spiro atoms. The smallest absolute Gasteiger partial charge is 0.336 e. The van der Waals surface area contributed by atoms with E-state index in [-0.39, 0.29) is 0 Å². The van der Waals surface area contributed by atoms with E-state index in [1.165, 1.54) is 0 Å². The van der Waals surface area contributed by atoms with E-state index in [0.29, 0.717) is 5.56 Å². The van der Waals surface area contributed by atoms with Crippen LogP contribution in [-0.2, 0) is 6.54 Å². The first-order chi connectivity index (χ1) is 7.13. The van der Waals surface area contributed by atoms with Crippen LogP contribution in [0.25, 0.3) is 10.9 Å². The maximum Gasteiger partial charge on any atom is 0.336 e. The second kappa shape index (κ2) is 3.42. The number of aryl methyl sites for hydroxylation is 2. The molecule has 3 heteroatoms. The Balaban J connectivity index is 2.75. The minimum atomic E-state index is -0.863. The van der Waals surface area contributed by atoms with E-state index in [2.05, 4.69) is 0 Å². The summed E-state index contributed by atoms with van der Waals surface area (Å²) in [6.07, 6.45) is 1.98. The fraction of sp³-hybridized carbons (Fsp3) is 0.250. The number of aromatic nitrogens is 1. The Kier molecular flexibility index (Phi) is 2.23. The number of hydrogen-bond donors (Lipinski definition) is 1. The van der Waals surface area contributed by atoms with Crippen molar-refractivity contribution in [1.29, 1.82) is 0 Å². The van der Waals surface area contributed by atoms with Crippen molar-refractivity contribution in [2.45, 2.75) is 20.4 Å². The maximum absolute atomic E-state index is 11.0. The quantitative estimate of drug-likeness (QED) is 0.815. The van der Waals surface area contributed by atoms with Gasteiger partial charge in [-0.25, -0.2) is 4.79 Å². The molecule has 0 aliphatic carbocycles. The number of carboxylic acid groups (broad SMARTS) is 1. The number of nitrogens with zero attached hydrogens (tertiary/aromatic N) is 1.